The van der Waals surface area contributed by atoms with E-state index in [-0.39, 0.29) is 12.0 Å². The van der Waals surface area contributed by atoms with Crippen LogP contribution in [-0.2, 0) is 22.6 Å². The molecule has 0 saturated carbocycles. The Balaban J connectivity index is 1.51. The number of hydrogen-bond donors (Lipinski definition) is 1. The van der Waals surface area contributed by atoms with Crippen molar-refractivity contribution in [2.24, 2.45) is 0 Å². The maximum absolute atomic E-state index is 11.8. The van der Waals surface area contributed by atoms with Crippen LogP contribution in [0.15, 0.2) is 36.9 Å². The van der Waals surface area contributed by atoms with Crippen LogP contribution < -0.4 is 5.32 Å². The summed E-state index contributed by atoms with van der Waals surface area (Å²) in [6, 6.07) is 8.11. The second-order valence-electron chi connectivity index (χ2n) is 5.13. The SMILES string of the molecule is O=C(NCc1ccc(Cn2cncn2)cc1)C1CCCO1. The van der Waals surface area contributed by atoms with Crippen LogP contribution in [0.5, 0.6) is 0 Å². The third-order valence-electron chi connectivity index (χ3n) is 3.52. The Labute approximate surface area is 123 Å². The van der Waals surface area contributed by atoms with Gasteiger partial charge in [-0.25, -0.2) is 9.67 Å². The van der Waals surface area contributed by atoms with Crippen molar-refractivity contribution in [3.8, 4) is 0 Å². The topological polar surface area (TPSA) is 69.0 Å². The highest BCUT2D eigenvalue weighted by atomic mass is 16.5. The first-order valence-corrected chi connectivity index (χ1v) is 7.11. The van der Waals surface area contributed by atoms with Crippen molar-refractivity contribution in [2.45, 2.75) is 32.0 Å². The van der Waals surface area contributed by atoms with Crippen LogP contribution in [0.1, 0.15) is 24.0 Å². The predicted octanol–water partition coefficient (Wildman–Crippen LogP) is 1.12. The molecule has 1 unspecified atom stereocenters. The molecule has 1 amide bonds. The molecule has 6 nitrogen and oxygen atoms in total. The summed E-state index contributed by atoms with van der Waals surface area (Å²) >= 11 is 0. The molecular formula is C15H18N4O2. The van der Waals surface area contributed by atoms with Crippen LogP contribution in [0, 0.1) is 0 Å². The van der Waals surface area contributed by atoms with E-state index in [1.54, 1.807) is 11.0 Å². The highest BCUT2D eigenvalue weighted by Gasteiger charge is 2.22. The minimum Gasteiger partial charge on any atom is -0.368 e. The van der Waals surface area contributed by atoms with Gasteiger partial charge in [0.25, 0.3) is 0 Å². The summed E-state index contributed by atoms with van der Waals surface area (Å²) < 4.78 is 7.13. The lowest BCUT2D eigenvalue weighted by Gasteiger charge is -2.10. The molecule has 2 aromatic rings. The van der Waals surface area contributed by atoms with Crippen LogP contribution in [-0.4, -0.2) is 33.4 Å². The lowest BCUT2D eigenvalue weighted by molar-refractivity contribution is -0.130. The first-order valence-electron chi connectivity index (χ1n) is 7.11. The summed E-state index contributed by atoms with van der Waals surface area (Å²) in [6.45, 7) is 1.92. The van der Waals surface area contributed by atoms with E-state index in [0.29, 0.717) is 19.7 Å². The van der Waals surface area contributed by atoms with Crippen LogP contribution in [0.3, 0.4) is 0 Å². The maximum Gasteiger partial charge on any atom is 0.249 e. The molecular weight excluding hydrogens is 268 g/mol. The highest BCUT2D eigenvalue weighted by Crippen LogP contribution is 2.12. The number of hydrogen-bond acceptors (Lipinski definition) is 4. The molecule has 1 aliphatic heterocycles. The minimum absolute atomic E-state index is 0.0146. The Hall–Kier alpha value is -2.21. The van der Waals surface area contributed by atoms with Gasteiger partial charge in [-0.1, -0.05) is 24.3 Å². The van der Waals surface area contributed by atoms with Crippen molar-refractivity contribution in [2.75, 3.05) is 6.61 Å². The van der Waals surface area contributed by atoms with E-state index in [1.807, 2.05) is 24.3 Å². The van der Waals surface area contributed by atoms with E-state index in [0.717, 1.165) is 24.0 Å². The van der Waals surface area contributed by atoms with E-state index in [2.05, 4.69) is 15.4 Å². The number of nitrogens with zero attached hydrogens (tertiary/aromatic N) is 3. The molecule has 1 fully saturated rings. The van der Waals surface area contributed by atoms with Crippen molar-refractivity contribution in [3.63, 3.8) is 0 Å². The van der Waals surface area contributed by atoms with Gasteiger partial charge in [-0.2, -0.15) is 5.10 Å². The first kappa shape index (κ1) is 13.8. The van der Waals surface area contributed by atoms with Crippen LogP contribution in [0.2, 0.25) is 0 Å². The summed E-state index contributed by atoms with van der Waals surface area (Å²) in [6.07, 6.45) is 4.74. The number of nitrogens with one attached hydrogen (secondary N) is 1. The number of ether oxygens (including phenoxy) is 1. The van der Waals surface area contributed by atoms with E-state index in [1.165, 1.54) is 6.33 Å². The summed E-state index contributed by atoms with van der Waals surface area (Å²) in [7, 11) is 0. The fourth-order valence-corrected chi connectivity index (χ4v) is 2.35. The number of carbonyl (C=O) groups is 1. The molecule has 0 bridgehead atoms. The molecule has 21 heavy (non-hydrogen) atoms. The lowest BCUT2D eigenvalue weighted by Crippen LogP contribution is -2.33. The van der Waals surface area contributed by atoms with E-state index >= 15 is 0 Å². The fourth-order valence-electron chi connectivity index (χ4n) is 2.35. The van der Waals surface area contributed by atoms with E-state index in [4.69, 9.17) is 4.74 Å². The third-order valence-corrected chi connectivity index (χ3v) is 3.52. The molecule has 0 radical (unpaired) electrons. The Morgan fingerprint density at radius 3 is 2.81 bits per heavy atom. The Bertz CT molecular complexity index is 574. The largest absolute Gasteiger partial charge is 0.368 e. The van der Waals surface area contributed by atoms with Gasteiger partial charge in [0.2, 0.25) is 5.91 Å². The monoisotopic (exact) mass is 286 g/mol. The molecule has 1 N–H and O–H groups in total. The zero-order valence-corrected chi connectivity index (χ0v) is 11.7. The molecule has 1 aromatic carbocycles. The summed E-state index contributed by atoms with van der Waals surface area (Å²) in [5.41, 5.74) is 2.22. The van der Waals surface area contributed by atoms with Gasteiger partial charge in [0.1, 0.15) is 18.8 Å². The van der Waals surface area contributed by atoms with Crippen LogP contribution in [0.4, 0.5) is 0 Å². The molecule has 0 spiro atoms. The third kappa shape index (κ3) is 3.66. The second-order valence-corrected chi connectivity index (χ2v) is 5.13. The fraction of sp³-hybridized carbons (Fsp3) is 0.400. The molecule has 110 valence electrons. The van der Waals surface area contributed by atoms with Gasteiger partial charge in [-0.3, -0.25) is 4.79 Å². The summed E-state index contributed by atoms with van der Waals surface area (Å²) in [5, 5.41) is 6.99. The van der Waals surface area contributed by atoms with Crippen LogP contribution in [0.25, 0.3) is 0 Å². The van der Waals surface area contributed by atoms with Gasteiger partial charge in [-0.05, 0) is 24.0 Å². The van der Waals surface area contributed by atoms with Crippen molar-refractivity contribution in [1.29, 1.82) is 0 Å². The Morgan fingerprint density at radius 2 is 2.14 bits per heavy atom. The predicted molar refractivity (Wildman–Crippen MR) is 76.4 cm³/mol. The number of benzene rings is 1. The van der Waals surface area contributed by atoms with Gasteiger partial charge in [0, 0.05) is 13.2 Å². The minimum atomic E-state index is -0.267. The number of amides is 1. The van der Waals surface area contributed by atoms with E-state index < -0.39 is 0 Å². The average Bonchev–Trinajstić information content (AvgIpc) is 3.19. The molecule has 6 heteroatoms. The molecule has 3 rings (SSSR count). The number of aromatic nitrogens is 3. The smallest absolute Gasteiger partial charge is 0.249 e. The quantitative estimate of drug-likeness (QED) is 0.894. The summed E-state index contributed by atoms with van der Waals surface area (Å²) in [5.74, 6) is -0.0146. The molecule has 0 aliphatic carbocycles. The van der Waals surface area contributed by atoms with E-state index in [9.17, 15) is 4.79 Å². The van der Waals surface area contributed by atoms with Gasteiger partial charge in [-0.15, -0.1) is 0 Å². The van der Waals surface area contributed by atoms with Gasteiger partial charge >= 0.3 is 0 Å². The van der Waals surface area contributed by atoms with Crippen LogP contribution >= 0.6 is 0 Å². The zero-order valence-electron chi connectivity index (χ0n) is 11.7. The first-order chi connectivity index (χ1) is 10.3. The summed E-state index contributed by atoms with van der Waals surface area (Å²) in [4.78, 5) is 15.8. The normalized spacial score (nSPS) is 17.8. The standard InChI is InChI=1S/C15H18N4O2/c20-15(14-2-1-7-21-14)17-8-12-3-5-13(6-4-12)9-19-11-16-10-18-19/h3-6,10-11,14H,1-2,7-9H2,(H,17,20). The molecule has 1 saturated heterocycles. The second kappa shape index (κ2) is 6.49. The Kier molecular flexibility index (Phi) is 4.25. The average molecular weight is 286 g/mol. The van der Waals surface area contributed by atoms with Crippen molar-refractivity contribution in [1.82, 2.24) is 20.1 Å². The maximum atomic E-state index is 11.8. The molecule has 1 aliphatic rings. The van der Waals surface area contributed by atoms with Gasteiger partial charge in [0.05, 0.1) is 6.54 Å². The highest BCUT2D eigenvalue weighted by molar-refractivity contribution is 5.80. The van der Waals surface area contributed by atoms with Crippen molar-refractivity contribution in [3.05, 3.63) is 48.0 Å². The lowest BCUT2D eigenvalue weighted by atomic mass is 10.1. The van der Waals surface area contributed by atoms with Crippen molar-refractivity contribution < 1.29 is 9.53 Å². The molecule has 2 heterocycles. The Morgan fingerprint density at radius 1 is 1.33 bits per heavy atom. The molecule has 1 aromatic heterocycles. The van der Waals surface area contributed by atoms with Crippen molar-refractivity contribution >= 4 is 5.91 Å². The van der Waals surface area contributed by atoms with Gasteiger partial charge in [0.15, 0.2) is 0 Å². The molecule has 1 atom stereocenters. The zero-order chi connectivity index (χ0) is 14.5. The van der Waals surface area contributed by atoms with Gasteiger partial charge < -0.3 is 10.1 Å². The number of rotatable bonds is 5. The number of carbonyl (C=O) groups excluding carboxylic acids is 1.